The summed E-state index contributed by atoms with van der Waals surface area (Å²) in [4.78, 5) is 51.6. The molecule has 0 saturated carbocycles. The first-order chi connectivity index (χ1) is 11.3. The van der Waals surface area contributed by atoms with E-state index in [1.807, 2.05) is 0 Å². The molecular weight excluding hydrogens is 398 g/mol. The normalized spacial score (nSPS) is 30.0. The van der Waals surface area contributed by atoms with Crippen molar-refractivity contribution in [2.45, 2.75) is 26.4 Å². The Morgan fingerprint density at radius 1 is 1.32 bits per heavy atom. The van der Waals surface area contributed by atoms with Crippen molar-refractivity contribution in [2.24, 2.45) is 5.41 Å². The topological polar surface area (TPSA) is 171 Å². The smallest absolute Gasteiger partial charge is 0.355 e. The summed E-state index contributed by atoms with van der Waals surface area (Å²) in [6, 6.07) is 0. The molecule has 0 aromatic carbocycles. The Kier molecular flexibility index (Phi) is 8.10. The van der Waals surface area contributed by atoms with Crippen molar-refractivity contribution in [1.29, 1.82) is 0 Å². The van der Waals surface area contributed by atoms with Crippen LogP contribution >= 0.6 is 26.0 Å². The second kappa shape index (κ2) is 8.96. The highest BCUT2D eigenvalue weighted by Gasteiger charge is 2.42. The molecule has 0 spiro atoms. The molecule has 1 saturated heterocycles. The fourth-order valence-electron chi connectivity index (χ4n) is 1.88. The predicted molar refractivity (Wildman–Crippen MR) is 89.6 cm³/mol. The third kappa shape index (κ3) is 8.65. The summed E-state index contributed by atoms with van der Waals surface area (Å²) in [7, 11) is -5.02. The number of nitrogens with one attached hydrogen (secondary N) is 2. The predicted octanol–water partition coefficient (Wildman–Crippen LogP) is -0.0232. The van der Waals surface area contributed by atoms with Crippen molar-refractivity contribution >= 4 is 37.8 Å². The van der Waals surface area contributed by atoms with Crippen molar-refractivity contribution in [2.75, 3.05) is 25.4 Å². The average Bonchev–Trinajstić information content (AvgIpc) is 2.46. The summed E-state index contributed by atoms with van der Waals surface area (Å²) in [5, 5.41) is 4.86. The SMILES string of the molecule is CC1(C)COP(=O)(O)SCCNC(=O)CCNC(=O)[C@@H]1OP(=O)(O)O. The van der Waals surface area contributed by atoms with Gasteiger partial charge in [-0.1, -0.05) is 13.8 Å². The Bertz CT molecular complexity index is 594. The van der Waals surface area contributed by atoms with Gasteiger partial charge in [0.15, 0.2) is 6.10 Å². The van der Waals surface area contributed by atoms with Gasteiger partial charge in [-0.05, 0) is 11.4 Å². The molecule has 0 aromatic rings. The van der Waals surface area contributed by atoms with Gasteiger partial charge in [-0.25, -0.2) is 9.13 Å². The summed E-state index contributed by atoms with van der Waals surface area (Å²) in [5.41, 5.74) is -1.34. The molecular formula is C11H22N2O9P2S. The molecule has 5 N–H and O–H groups in total. The minimum atomic E-state index is -5.02. The van der Waals surface area contributed by atoms with Gasteiger partial charge in [0.25, 0.3) is 0 Å². The highest BCUT2D eigenvalue weighted by atomic mass is 32.7. The number of hydrogen-bond donors (Lipinski definition) is 5. The summed E-state index contributed by atoms with van der Waals surface area (Å²) in [6.07, 6.45) is -1.73. The van der Waals surface area contributed by atoms with Gasteiger partial charge in [-0.2, -0.15) is 0 Å². The van der Waals surface area contributed by atoms with Gasteiger partial charge in [0.1, 0.15) is 0 Å². The van der Waals surface area contributed by atoms with Crippen LogP contribution in [0.4, 0.5) is 0 Å². The summed E-state index contributed by atoms with van der Waals surface area (Å²) < 4.78 is 32.6. The van der Waals surface area contributed by atoms with Gasteiger partial charge in [0.2, 0.25) is 11.8 Å². The van der Waals surface area contributed by atoms with Crippen LogP contribution < -0.4 is 10.6 Å². The van der Waals surface area contributed by atoms with Gasteiger partial charge in [0.05, 0.1) is 6.61 Å². The van der Waals surface area contributed by atoms with Crippen LogP contribution in [0.15, 0.2) is 0 Å². The number of phosphoric acid groups is 1. The third-order valence-corrected chi connectivity index (χ3v) is 6.62. The quantitative estimate of drug-likeness (QED) is 0.382. The number of rotatable bonds is 2. The number of amides is 2. The molecule has 14 heteroatoms. The molecule has 1 fully saturated rings. The van der Waals surface area contributed by atoms with E-state index in [9.17, 15) is 23.6 Å². The Balaban J connectivity index is 3.02. The molecule has 11 nitrogen and oxygen atoms in total. The van der Waals surface area contributed by atoms with Gasteiger partial charge >= 0.3 is 14.6 Å². The average molecular weight is 420 g/mol. The van der Waals surface area contributed by atoms with E-state index < -0.39 is 44.6 Å². The maximum absolute atomic E-state index is 12.2. The van der Waals surface area contributed by atoms with Crippen molar-refractivity contribution in [3.8, 4) is 0 Å². The molecule has 1 unspecified atom stereocenters. The molecule has 0 aliphatic carbocycles. The van der Waals surface area contributed by atoms with Crippen LogP contribution in [0.5, 0.6) is 0 Å². The zero-order chi connectivity index (χ0) is 19.3. The summed E-state index contributed by atoms with van der Waals surface area (Å²) in [5.74, 6) is -1.13. The Morgan fingerprint density at radius 2 is 1.96 bits per heavy atom. The Hall–Kier alpha value is -0.450. The van der Waals surface area contributed by atoms with E-state index in [0.29, 0.717) is 11.4 Å². The highest BCUT2D eigenvalue weighted by molar-refractivity contribution is 8.54. The van der Waals surface area contributed by atoms with Gasteiger partial charge in [-0.15, -0.1) is 0 Å². The van der Waals surface area contributed by atoms with Crippen LogP contribution in [0.1, 0.15) is 20.3 Å². The van der Waals surface area contributed by atoms with E-state index in [2.05, 4.69) is 15.2 Å². The minimum Gasteiger partial charge on any atom is -0.355 e. The van der Waals surface area contributed by atoms with E-state index in [4.69, 9.17) is 14.3 Å². The van der Waals surface area contributed by atoms with Crippen LogP contribution in [0.3, 0.4) is 0 Å². The van der Waals surface area contributed by atoms with E-state index in [1.54, 1.807) is 0 Å². The van der Waals surface area contributed by atoms with Gasteiger partial charge < -0.3 is 29.8 Å². The van der Waals surface area contributed by atoms with E-state index >= 15 is 0 Å². The molecule has 0 bridgehead atoms. The Morgan fingerprint density at radius 3 is 2.56 bits per heavy atom. The van der Waals surface area contributed by atoms with Crippen molar-refractivity contribution in [1.82, 2.24) is 10.6 Å². The standard InChI is InChI=1S/C11H22N2O9P2S/c1-11(2)7-21-24(19,20)25-6-5-12-8(14)3-4-13-10(15)9(11)22-23(16,17)18/h9H,3-7H2,1-2H3,(H,12,14)(H,13,15)(H,19,20)(H2,16,17,18)/t9-/m0/s1. The van der Waals surface area contributed by atoms with Crippen molar-refractivity contribution < 1.29 is 42.4 Å². The summed E-state index contributed by atoms with van der Waals surface area (Å²) in [6.45, 7) is -1.65. The number of carbonyl (C=O) groups excluding carboxylic acids is 2. The van der Waals surface area contributed by atoms with Crippen LogP contribution in [0, 0.1) is 5.41 Å². The maximum Gasteiger partial charge on any atom is 0.470 e. The number of carbonyl (C=O) groups is 2. The number of hydrogen-bond acceptors (Lipinski definition) is 7. The molecule has 146 valence electrons. The highest BCUT2D eigenvalue weighted by Crippen LogP contribution is 2.56. The monoisotopic (exact) mass is 420 g/mol. The minimum absolute atomic E-state index is 0.0613. The molecule has 1 rings (SSSR count). The molecule has 1 heterocycles. The van der Waals surface area contributed by atoms with Crippen molar-refractivity contribution in [3.63, 3.8) is 0 Å². The largest absolute Gasteiger partial charge is 0.470 e. The first-order valence-electron chi connectivity index (χ1n) is 7.23. The lowest BCUT2D eigenvalue weighted by Gasteiger charge is -2.33. The molecule has 2 amide bonds. The second-order valence-corrected chi connectivity index (χ2v) is 11.1. The molecule has 0 radical (unpaired) electrons. The van der Waals surface area contributed by atoms with E-state index in [0.717, 1.165) is 0 Å². The third-order valence-electron chi connectivity index (χ3n) is 3.12. The molecule has 0 aromatic heterocycles. The maximum atomic E-state index is 12.2. The van der Waals surface area contributed by atoms with Crippen LogP contribution in [0.2, 0.25) is 0 Å². The first-order valence-corrected chi connectivity index (χ1v) is 11.9. The lowest BCUT2D eigenvalue weighted by atomic mass is 9.87. The lowest BCUT2D eigenvalue weighted by Crippen LogP contribution is -2.47. The first kappa shape index (κ1) is 22.6. The van der Waals surface area contributed by atoms with Crippen LogP contribution in [-0.2, 0) is 27.8 Å². The zero-order valence-electron chi connectivity index (χ0n) is 13.7. The second-order valence-electron chi connectivity index (χ2n) is 5.93. The molecule has 25 heavy (non-hydrogen) atoms. The van der Waals surface area contributed by atoms with Crippen LogP contribution in [0.25, 0.3) is 0 Å². The Labute approximate surface area is 148 Å². The molecule has 1 aliphatic heterocycles. The van der Waals surface area contributed by atoms with E-state index in [1.165, 1.54) is 13.8 Å². The van der Waals surface area contributed by atoms with Crippen molar-refractivity contribution in [3.05, 3.63) is 0 Å². The fraction of sp³-hybridized carbons (Fsp3) is 0.818. The van der Waals surface area contributed by atoms with Gasteiger partial charge in [0, 0.05) is 30.7 Å². The molecule has 1 aliphatic rings. The summed E-state index contributed by atoms with van der Waals surface area (Å²) >= 11 is 0.602. The molecule has 2 atom stereocenters. The number of phosphoric ester groups is 1. The van der Waals surface area contributed by atoms with Gasteiger partial charge in [-0.3, -0.25) is 14.1 Å². The van der Waals surface area contributed by atoms with Crippen LogP contribution in [-0.4, -0.2) is 58.0 Å². The zero-order valence-corrected chi connectivity index (χ0v) is 16.3. The van der Waals surface area contributed by atoms with E-state index in [-0.39, 0.29) is 25.3 Å². The fourth-order valence-corrected chi connectivity index (χ4v) is 4.87. The lowest BCUT2D eigenvalue weighted by molar-refractivity contribution is -0.135.